The highest BCUT2D eigenvalue weighted by Gasteiger charge is 2.11. The van der Waals surface area contributed by atoms with Gasteiger partial charge in [-0.2, -0.15) is 0 Å². The quantitative estimate of drug-likeness (QED) is 0.638. The van der Waals surface area contributed by atoms with Crippen LogP contribution in [0, 0.1) is 5.82 Å². The number of thiazole rings is 1. The van der Waals surface area contributed by atoms with Crippen molar-refractivity contribution in [2.45, 2.75) is 12.8 Å². The average molecular weight is 393 g/mol. The lowest BCUT2D eigenvalue weighted by atomic mass is 10.3. The third-order valence-electron chi connectivity index (χ3n) is 3.45. The molecule has 0 spiro atoms. The minimum absolute atomic E-state index is 0.0699. The molecule has 0 radical (unpaired) electrons. The second-order valence-corrected chi connectivity index (χ2v) is 6.93. The molecule has 0 aliphatic rings. The van der Waals surface area contributed by atoms with Crippen molar-refractivity contribution in [2.24, 2.45) is 0 Å². The number of nitrogens with zero attached hydrogens (tertiary/aromatic N) is 1. The van der Waals surface area contributed by atoms with Crippen molar-refractivity contribution in [3.63, 3.8) is 0 Å². The smallest absolute Gasteiger partial charge is 0.306 e. The first-order valence-electron chi connectivity index (χ1n) is 7.76. The van der Waals surface area contributed by atoms with Gasteiger partial charge >= 0.3 is 5.97 Å². The number of esters is 1. The van der Waals surface area contributed by atoms with Crippen molar-refractivity contribution in [1.29, 1.82) is 0 Å². The summed E-state index contributed by atoms with van der Waals surface area (Å²) in [6.07, 6.45) is 0.577. The van der Waals surface area contributed by atoms with E-state index in [1.807, 2.05) is 24.3 Å². The van der Waals surface area contributed by atoms with Crippen molar-refractivity contribution in [3.05, 3.63) is 58.3 Å². The molecule has 0 fully saturated rings. The number of amides is 1. The molecule has 8 heteroatoms. The standard InChI is InChI=1S/C18H14ClFN2O3S/c19-12-9-11(20)5-6-13(12)21-16(23)10-25-18(24)8-7-17-22-14-3-1-2-4-15(14)26-17/h1-6,9H,7-8,10H2,(H,21,23). The summed E-state index contributed by atoms with van der Waals surface area (Å²) in [7, 11) is 0. The molecule has 2 aromatic carbocycles. The topological polar surface area (TPSA) is 68.3 Å². The molecule has 1 aromatic heterocycles. The number of para-hydroxylation sites is 1. The minimum atomic E-state index is -0.549. The van der Waals surface area contributed by atoms with E-state index in [0.29, 0.717) is 6.42 Å². The fraction of sp³-hybridized carbons (Fsp3) is 0.167. The Morgan fingerprint density at radius 3 is 2.81 bits per heavy atom. The SMILES string of the molecule is O=C(COC(=O)CCc1nc2ccccc2s1)Nc1ccc(F)cc1Cl. The lowest BCUT2D eigenvalue weighted by molar-refractivity contribution is -0.147. The van der Waals surface area contributed by atoms with Crippen molar-refractivity contribution >= 4 is 50.7 Å². The molecule has 1 amide bonds. The number of aryl methyl sites for hydroxylation is 1. The van der Waals surface area contributed by atoms with Crippen LogP contribution >= 0.6 is 22.9 Å². The molecular formula is C18H14ClFN2O3S. The fourth-order valence-electron chi connectivity index (χ4n) is 2.23. The van der Waals surface area contributed by atoms with Gasteiger partial charge in [0.1, 0.15) is 5.82 Å². The number of ether oxygens (including phenoxy) is 1. The van der Waals surface area contributed by atoms with Crippen LogP contribution in [0.4, 0.5) is 10.1 Å². The number of carbonyl (C=O) groups is 2. The fourth-order valence-corrected chi connectivity index (χ4v) is 3.41. The Balaban J connectivity index is 1.45. The van der Waals surface area contributed by atoms with Gasteiger partial charge in [0.15, 0.2) is 6.61 Å². The molecule has 3 aromatic rings. The maximum absolute atomic E-state index is 13.0. The van der Waals surface area contributed by atoms with E-state index >= 15 is 0 Å². The van der Waals surface area contributed by atoms with Crippen molar-refractivity contribution in [1.82, 2.24) is 4.98 Å². The van der Waals surface area contributed by atoms with Gasteiger partial charge < -0.3 is 10.1 Å². The molecule has 0 bridgehead atoms. The number of carbonyl (C=O) groups excluding carboxylic acids is 2. The number of fused-ring (bicyclic) bond motifs is 1. The normalized spacial score (nSPS) is 10.7. The van der Waals surface area contributed by atoms with E-state index in [1.165, 1.54) is 23.5 Å². The summed E-state index contributed by atoms with van der Waals surface area (Å²) in [5.41, 5.74) is 1.15. The van der Waals surface area contributed by atoms with Crippen LogP contribution in [-0.4, -0.2) is 23.5 Å². The van der Waals surface area contributed by atoms with Crippen molar-refractivity contribution in [2.75, 3.05) is 11.9 Å². The summed E-state index contributed by atoms with van der Waals surface area (Å²) < 4.78 is 19.0. The molecule has 0 aliphatic heterocycles. The van der Waals surface area contributed by atoms with Crippen LogP contribution in [0.2, 0.25) is 5.02 Å². The molecule has 134 valence electrons. The highest BCUT2D eigenvalue weighted by atomic mass is 35.5. The summed E-state index contributed by atoms with van der Waals surface area (Å²) in [4.78, 5) is 28.0. The summed E-state index contributed by atoms with van der Waals surface area (Å²) in [6, 6.07) is 11.3. The summed E-state index contributed by atoms with van der Waals surface area (Å²) in [5.74, 6) is -1.55. The van der Waals surface area contributed by atoms with Gasteiger partial charge in [0.05, 0.1) is 32.4 Å². The van der Waals surface area contributed by atoms with Crippen molar-refractivity contribution in [3.8, 4) is 0 Å². The molecule has 3 rings (SSSR count). The molecule has 1 heterocycles. The van der Waals surface area contributed by atoms with E-state index in [1.54, 1.807) is 0 Å². The predicted octanol–water partition coefficient (Wildman–Crippen LogP) is 4.20. The Morgan fingerprint density at radius 1 is 1.23 bits per heavy atom. The van der Waals surface area contributed by atoms with Gasteiger partial charge in [-0.25, -0.2) is 9.37 Å². The first-order valence-corrected chi connectivity index (χ1v) is 8.95. The Bertz CT molecular complexity index is 928. The van der Waals surface area contributed by atoms with Gasteiger partial charge in [0.2, 0.25) is 0 Å². The molecule has 0 saturated heterocycles. The van der Waals surface area contributed by atoms with E-state index < -0.39 is 24.3 Å². The van der Waals surface area contributed by atoms with Crippen LogP contribution in [0.3, 0.4) is 0 Å². The number of nitrogens with one attached hydrogen (secondary N) is 1. The zero-order valence-corrected chi connectivity index (χ0v) is 15.1. The van der Waals surface area contributed by atoms with Gasteiger partial charge in [0.25, 0.3) is 5.91 Å². The number of anilines is 1. The number of benzene rings is 2. The Labute approximate surface area is 157 Å². The predicted molar refractivity (Wildman–Crippen MR) is 98.9 cm³/mol. The number of hydrogen-bond acceptors (Lipinski definition) is 5. The third-order valence-corrected chi connectivity index (χ3v) is 4.86. The van der Waals surface area contributed by atoms with Gasteiger partial charge in [0, 0.05) is 6.42 Å². The lowest BCUT2D eigenvalue weighted by Gasteiger charge is -2.08. The largest absolute Gasteiger partial charge is 0.456 e. The Kier molecular flexibility index (Phi) is 5.80. The van der Waals surface area contributed by atoms with E-state index in [0.717, 1.165) is 21.3 Å². The Hall–Kier alpha value is -2.51. The molecule has 0 saturated carbocycles. The number of aromatic nitrogens is 1. The molecule has 0 unspecified atom stereocenters. The molecule has 1 N–H and O–H groups in total. The van der Waals surface area contributed by atoms with Crippen LogP contribution in [0.15, 0.2) is 42.5 Å². The van der Waals surface area contributed by atoms with Crippen LogP contribution < -0.4 is 5.32 Å². The Morgan fingerprint density at radius 2 is 2.04 bits per heavy atom. The first-order chi connectivity index (χ1) is 12.5. The number of halogens is 2. The van der Waals surface area contributed by atoms with E-state index in [-0.39, 0.29) is 17.1 Å². The van der Waals surface area contributed by atoms with Gasteiger partial charge in [-0.15, -0.1) is 11.3 Å². The summed E-state index contributed by atoms with van der Waals surface area (Å²) in [6.45, 7) is -0.438. The van der Waals surface area contributed by atoms with Crippen LogP contribution in [0.1, 0.15) is 11.4 Å². The molecule has 0 atom stereocenters. The number of rotatable bonds is 6. The minimum Gasteiger partial charge on any atom is -0.456 e. The highest BCUT2D eigenvalue weighted by molar-refractivity contribution is 7.18. The maximum Gasteiger partial charge on any atom is 0.306 e. The zero-order chi connectivity index (χ0) is 18.5. The zero-order valence-electron chi connectivity index (χ0n) is 13.5. The maximum atomic E-state index is 13.0. The van der Waals surface area contributed by atoms with Crippen LogP contribution in [0.25, 0.3) is 10.2 Å². The molecular weight excluding hydrogens is 379 g/mol. The summed E-state index contributed by atoms with van der Waals surface area (Å²) in [5, 5.41) is 3.37. The van der Waals surface area contributed by atoms with Crippen LogP contribution in [-0.2, 0) is 20.7 Å². The molecule has 5 nitrogen and oxygen atoms in total. The van der Waals surface area contributed by atoms with E-state index in [2.05, 4.69) is 10.3 Å². The average Bonchev–Trinajstić information content (AvgIpc) is 3.03. The highest BCUT2D eigenvalue weighted by Crippen LogP contribution is 2.23. The van der Waals surface area contributed by atoms with Gasteiger partial charge in [-0.1, -0.05) is 23.7 Å². The second kappa shape index (κ2) is 8.25. The van der Waals surface area contributed by atoms with E-state index in [9.17, 15) is 14.0 Å². The van der Waals surface area contributed by atoms with E-state index in [4.69, 9.17) is 16.3 Å². The molecule has 0 aliphatic carbocycles. The monoisotopic (exact) mass is 392 g/mol. The number of hydrogen-bond donors (Lipinski definition) is 1. The van der Waals surface area contributed by atoms with Crippen LogP contribution in [0.5, 0.6) is 0 Å². The van der Waals surface area contributed by atoms with Crippen molar-refractivity contribution < 1.29 is 18.7 Å². The summed E-state index contributed by atoms with van der Waals surface area (Å²) >= 11 is 7.34. The molecule has 26 heavy (non-hydrogen) atoms. The lowest BCUT2D eigenvalue weighted by Crippen LogP contribution is -2.21. The third kappa shape index (κ3) is 4.77. The first kappa shape index (κ1) is 18.3. The second-order valence-electron chi connectivity index (χ2n) is 5.41. The van der Waals surface area contributed by atoms with Gasteiger partial charge in [-0.05, 0) is 30.3 Å². The van der Waals surface area contributed by atoms with Gasteiger partial charge in [-0.3, -0.25) is 9.59 Å².